The van der Waals surface area contributed by atoms with Gasteiger partial charge in [-0.05, 0) is 81.8 Å². The van der Waals surface area contributed by atoms with Crippen LogP contribution in [0.4, 0.5) is 25.0 Å². The number of rotatable bonds is 8. The Morgan fingerprint density at radius 1 is 0.868 bits per heavy atom. The third kappa shape index (κ3) is 8.18. The molecule has 3 aromatic carbocycles. The lowest BCUT2D eigenvalue weighted by molar-refractivity contribution is -0.136. The van der Waals surface area contributed by atoms with Crippen molar-refractivity contribution in [1.29, 1.82) is 0 Å². The molecule has 2 atom stereocenters. The van der Waals surface area contributed by atoms with Gasteiger partial charge in [-0.2, -0.15) is 0 Å². The molecule has 282 valence electrons. The SMILES string of the molecule is CC(C)(C)N1CCN(c2c(F)cccc2[C@@H]2S[C@@H](CC(=O)N3CCC(N4CCc5ccccc5NC4=O)CC3)C(=O)N2CCc2ccc(F)cc2)CC1. The van der Waals surface area contributed by atoms with Crippen LogP contribution in [0.3, 0.4) is 0 Å². The fourth-order valence-electron chi connectivity index (χ4n) is 8.21. The second-order valence-electron chi connectivity index (χ2n) is 15.6. The number of benzene rings is 3. The summed E-state index contributed by atoms with van der Waals surface area (Å²) >= 11 is 1.43. The van der Waals surface area contributed by atoms with Gasteiger partial charge in [0.1, 0.15) is 17.0 Å². The second-order valence-corrected chi connectivity index (χ2v) is 16.8. The summed E-state index contributed by atoms with van der Waals surface area (Å²) in [6.45, 7) is 11.5. The molecular weight excluding hydrogens is 695 g/mol. The molecule has 3 saturated heterocycles. The molecule has 1 N–H and O–H groups in total. The van der Waals surface area contributed by atoms with Crippen molar-refractivity contribution in [3.63, 3.8) is 0 Å². The van der Waals surface area contributed by atoms with E-state index >= 15 is 4.39 Å². The third-order valence-electron chi connectivity index (χ3n) is 11.3. The number of nitrogens with one attached hydrogen (secondary N) is 1. The number of fused-ring (bicyclic) bond motifs is 1. The van der Waals surface area contributed by atoms with E-state index < -0.39 is 10.6 Å². The highest BCUT2D eigenvalue weighted by Gasteiger charge is 2.44. The Kier molecular flexibility index (Phi) is 11.0. The van der Waals surface area contributed by atoms with E-state index in [1.807, 2.05) is 40.1 Å². The number of piperidine rings is 1. The van der Waals surface area contributed by atoms with Crippen LogP contribution >= 0.6 is 11.8 Å². The standard InChI is InChI=1S/C41H50F2N6O3S/c1-41(2,3)47-25-23-46(24-26-47)37-32(8-6-9-33(37)43)39-49(21-15-28-11-13-30(42)14-12-28)38(51)35(53-39)27-36(50)45-19-17-31(18-20-45)48-22-16-29-7-4-5-10-34(29)44-40(48)52/h4-14,31,35,39H,15-27H2,1-3H3,(H,44,52)/t35-,39-/m0/s1. The Hall–Kier alpha value is -4.16. The highest BCUT2D eigenvalue weighted by Crippen LogP contribution is 2.48. The first-order valence-electron chi connectivity index (χ1n) is 18.9. The monoisotopic (exact) mass is 744 g/mol. The maximum Gasteiger partial charge on any atom is 0.322 e. The molecule has 0 aliphatic carbocycles. The lowest BCUT2D eigenvalue weighted by Crippen LogP contribution is -2.53. The fourth-order valence-corrected chi connectivity index (χ4v) is 9.71. The van der Waals surface area contributed by atoms with Gasteiger partial charge in [0.15, 0.2) is 0 Å². The number of nitrogens with zero attached hydrogens (tertiary/aromatic N) is 5. The number of thioether (sulfide) groups is 1. The van der Waals surface area contributed by atoms with Crippen LogP contribution in [0, 0.1) is 11.6 Å². The first-order valence-corrected chi connectivity index (χ1v) is 19.8. The van der Waals surface area contributed by atoms with Crippen LogP contribution in [0.15, 0.2) is 66.7 Å². The predicted molar refractivity (Wildman–Crippen MR) is 206 cm³/mol. The van der Waals surface area contributed by atoms with Crippen LogP contribution in [0.2, 0.25) is 0 Å². The number of hydrogen-bond acceptors (Lipinski definition) is 6. The summed E-state index contributed by atoms with van der Waals surface area (Å²) in [5.41, 5.74) is 4.13. The van der Waals surface area contributed by atoms with E-state index in [4.69, 9.17) is 0 Å². The minimum absolute atomic E-state index is 0.0121. The molecule has 0 unspecified atom stereocenters. The van der Waals surface area contributed by atoms with Crippen molar-refractivity contribution in [2.75, 3.05) is 62.6 Å². The van der Waals surface area contributed by atoms with Crippen LogP contribution in [0.25, 0.3) is 0 Å². The number of halogens is 2. The van der Waals surface area contributed by atoms with Crippen molar-refractivity contribution in [2.45, 2.75) is 75.1 Å². The Morgan fingerprint density at radius 2 is 1.58 bits per heavy atom. The highest BCUT2D eigenvalue weighted by molar-refractivity contribution is 8.01. The summed E-state index contributed by atoms with van der Waals surface area (Å²) in [4.78, 5) is 51.2. The zero-order valence-electron chi connectivity index (χ0n) is 30.9. The van der Waals surface area contributed by atoms with Crippen molar-refractivity contribution in [2.24, 2.45) is 0 Å². The topological polar surface area (TPSA) is 79.4 Å². The van der Waals surface area contributed by atoms with Crippen molar-refractivity contribution >= 4 is 41.0 Å². The second kappa shape index (κ2) is 15.7. The zero-order chi connectivity index (χ0) is 37.3. The molecule has 7 rings (SSSR count). The fraction of sp³-hybridized carbons (Fsp3) is 0.488. The summed E-state index contributed by atoms with van der Waals surface area (Å²) in [5.74, 6) is -0.862. The van der Waals surface area contributed by atoms with Gasteiger partial charge in [-0.15, -0.1) is 11.8 Å². The normalized spacial score (nSPS) is 21.8. The van der Waals surface area contributed by atoms with Gasteiger partial charge in [-0.1, -0.05) is 42.5 Å². The number of amides is 4. The summed E-state index contributed by atoms with van der Waals surface area (Å²) in [7, 11) is 0. The van der Waals surface area contributed by atoms with Crippen LogP contribution < -0.4 is 10.2 Å². The Bertz CT molecular complexity index is 1800. The first kappa shape index (κ1) is 37.2. The van der Waals surface area contributed by atoms with Crippen LogP contribution in [-0.4, -0.2) is 107 Å². The van der Waals surface area contributed by atoms with Crippen molar-refractivity contribution in [1.82, 2.24) is 19.6 Å². The maximum atomic E-state index is 15.9. The molecule has 0 spiro atoms. The molecule has 12 heteroatoms. The third-order valence-corrected chi connectivity index (χ3v) is 12.7. The number of hydrogen-bond donors (Lipinski definition) is 1. The molecule has 4 aliphatic rings. The first-order chi connectivity index (χ1) is 25.5. The summed E-state index contributed by atoms with van der Waals surface area (Å²) in [5, 5.41) is 1.95. The number of carbonyl (C=O) groups is 3. The van der Waals surface area contributed by atoms with E-state index in [2.05, 4.69) is 35.9 Å². The summed E-state index contributed by atoms with van der Waals surface area (Å²) < 4.78 is 29.6. The molecule has 0 saturated carbocycles. The number of carbonyl (C=O) groups excluding carboxylic acids is 3. The molecule has 0 aromatic heterocycles. The Morgan fingerprint density at radius 3 is 2.30 bits per heavy atom. The molecule has 4 amide bonds. The van der Waals surface area contributed by atoms with E-state index in [0.717, 1.165) is 41.9 Å². The average molecular weight is 745 g/mol. The molecule has 3 fully saturated rings. The van der Waals surface area contributed by atoms with Gasteiger partial charge in [-0.3, -0.25) is 14.5 Å². The van der Waals surface area contributed by atoms with Gasteiger partial charge in [-0.25, -0.2) is 13.6 Å². The maximum absolute atomic E-state index is 15.9. The molecule has 4 aliphatic heterocycles. The molecule has 0 bridgehead atoms. The Labute approximate surface area is 315 Å². The van der Waals surface area contributed by atoms with E-state index in [0.29, 0.717) is 64.2 Å². The number of urea groups is 1. The molecule has 53 heavy (non-hydrogen) atoms. The molecule has 3 aromatic rings. The summed E-state index contributed by atoms with van der Waals surface area (Å²) in [6.07, 6.45) is 2.66. The van der Waals surface area contributed by atoms with Crippen molar-refractivity contribution in [3.05, 3.63) is 95.1 Å². The van der Waals surface area contributed by atoms with Crippen LogP contribution in [0.5, 0.6) is 0 Å². The zero-order valence-corrected chi connectivity index (χ0v) is 31.7. The van der Waals surface area contributed by atoms with E-state index in [1.54, 1.807) is 23.1 Å². The molecule has 0 radical (unpaired) electrons. The van der Waals surface area contributed by atoms with Gasteiger partial charge in [0.2, 0.25) is 11.8 Å². The van der Waals surface area contributed by atoms with Gasteiger partial charge in [0.05, 0.1) is 10.9 Å². The van der Waals surface area contributed by atoms with E-state index in [9.17, 15) is 18.8 Å². The van der Waals surface area contributed by atoms with Gasteiger partial charge < -0.3 is 24.9 Å². The van der Waals surface area contributed by atoms with E-state index in [1.165, 1.54) is 30.0 Å². The van der Waals surface area contributed by atoms with Crippen LogP contribution in [0.1, 0.15) is 62.1 Å². The van der Waals surface area contributed by atoms with Gasteiger partial charge >= 0.3 is 6.03 Å². The van der Waals surface area contributed by atoms with Crippen molar-refractivity contribution in [3.8, 4) is 0 Å². The molecular formula is C41H50F2N6O3S. The smallest absolute Gasteiger partial charge is 0.322 e. The number of para-hydroxylation sites is 2. The van der Waals surface area contributed by atoms with Gasteiger partial charge in [0.25, 0.3) is 0 Å². The molecule has 9 nitrogen and oxygen atoms in total. The number of likely N-dealkylation sites (tertiary alicyclic amines) is 1. The van der Waals surface area contributed by atoms with Gasteiger partial charge in [0, 0.05) is 81.6 Å². The summed E-state index contributed by atoms with van der Waals surface area (Å²) in [6, 6.07) is 19.2. The largest absolute Gasteiger partial charge is 0.366 e. The minimum Gasteiger partial charge on any atom is -0.366 e. The average Bonchev–Trinajstić information content (AvgIpc) is 3.34. The predicted octanol–water partition coefficient (Wildman–Crippen LogP) is 6.54. The molecule has 4 heterocycles. The Balaban J connectivity index is 1.05. The number of piperazine rings is 1. The number of anilines is 2. The lowest BCUT2D eigenvalue weighted by Gasteiger charge is -2.43. The van der Waals surface area contributed by atoms with E-state index in [-0.39, 0.29) is 47.5 Å². The van der Waals surface area contributed by atoms with Crippen molar-refractivity contribution < 1.29 is 23.2 Å². The lowest BCUT2D eigenvalue weighted by atomic mass is 10.0. The van der Waals surface area contributed by atoms with Crippen LogP contribution in [-0.2, 0) is 22.4 Å². The highest BCUT2D eigenvalue weighted by atomic mass is 32.2. The minimum atomic E-state index is -0.623. The quantitative estimate of drug-likeness (QED) is 0.283.